The number of benzene rings is 3. The summed E-state index contributed by atoms with van der Waals surface area (Å²) in [5.41, 5.74) is 1.95. The topological polar surface area (TPSA) is 132 Å². The molecule has 0 saturated carbocycles. The van der Waals surface area contributed by atoms with Gasteiger partial charge in [-0.05, 0) is 89.2 Å². The highest BCUT2D eigenvalue weighted by atomic mass is 32.4. The average Bonchev–Trinajstić information content (AvgIpc) is 3.02. The first-order valence-electron chi connectivity index (χ1n) is 12.3. The van der Waals surface area contributed by atoms with Crippen LogP contribution in [0.15, 0.2) is 83.0 Å². The van der Waals surface area contributed by atoms with Gasteiger partial charge in [0.05, 0.1) is 19.5 Å². The number of methoxy groups -OCH3 is 1. The summed E-state index contributed by atoms with van der Waals surface area (Å²) in [7, 11) is -1.03. The van der Waals surface area contributed by atoms with Gasteiger partial charge in [0.2, 0.25) is 7.07 Å². The van der Waals surface area contributed by atoms with Gasteiger partial charge in [0.25, 0.3) is 0 Å². The van der Waals surface area contributed by atoms with Gasteiger partial charge in [0.15, 0.2) is 5.85 Å². The molecule has 1 N–H and O–H groups in total. The van der Waals surface area contributed by atoms with Gasteiger partial charge < -0.3 is 27.9 Å². The van der Waals surface area contributed by atoms with Gasteiger partial charge in [-0.2, -0.15) is 10.2 Å². The molecule has 16 heteroatoms. The lowest BCUT2D eigenvalue weighted by Crippen LogP contribution is -2.04. The number of aliphatic hydroxyl groups is 1. The predicted octanol–water partition coefficient (Wildman–Crippen LogP) is 5.76. The van der Waals surface area contributed by atoms with Gasteiger partial charge in [-0.1, -0.05) is 12.1 Å². The number of nitrogens with zero attached hydrogens (tertiary/aromatic N) is 4. The molecule has 3 aromatic rings. The van der Waals surface area contributed by atoms with Crippen molar-refractivity contribution >= 4 is 47.1 Å². The third kappa shape index (κ3) is 9.51. The molecule has 0 aliphatic heterocycles. The van der Waals surface area contributed by atoms with E-state index in [2.05, 4.69) is 10.2 Å². The Hall–Kier alpha value is -3.01. The van der Waals surface area contributed by atoms with Gasteiger partial charge in [-0.3, -0.25) is 9.13 Å². The van der Waals surface area contributed by atoms with E-state index in [1.807, 2.05) is 24.3 Å². The number of aliphatic hydroxyl groups excluding tert-OH is 1. The third-order valence-corrected chi connectivity index (χ3v) is 10.7. The van der Waals surface area contributed by atoms with Crippen LogP contribution in [0.4, 0.5) is 0 Å². The SMILES string of the molecule is COc1ccc(/C=N/N(C)[PH](=S)Oc2ccc(/C=N/N(C)[PH](=O)Oc3ccc(C(O)P(=O)(OC)OC)cc3)cc2)cc1. The zero-order chi connectivity index (χ0) is 30.7. The summed E-state index contributed by atoms with van der Waals surface area (Å²) in [5.74, 6) is 0.169. The molecule has 0 saturated heterocycles. The summed E-state index contributed by atoms with van der Waals surface area (Å²) < 4.78 is 54.0. The minimum absolute atomic E-state index is 0.280. The molecule has 0 aliphatic carbocycles. The lowest BCUT2D eigenvalue weighted by molar-refractivity contribution is 0.176. The number of hydrogen-bond donors (Lipinski definition) is 1. The van der Waals surface area contributed by atoms with Crippen molar-refractivity contribution in [3.05, 3.63) is 89.5 Å². The molecule has 0 amide bonds. The minimum atomic E-state index is -3.71. The molecule has 0 aliphatic rings. The number of hydrazone groups is 2. The first kappa shape index (κ1) is 33.5. The van der Waals surface area contributed by atoms with Gasteiger partial charge in [-0.15, -0.1) is 0 Å². The summed E-state index contributed by atoms with van der Waals surface area (Å²) >= 11 is 5.50. The maximum atomic E-state index is 12.6. The molecule has 3 aromatic carbocycles. The van der Waals surface area contributed by atoms with Crippen LogP contribution in [0.3, 0.4) is 0 Å². The van der Waals surface area contributed by atoms with Crippen molar-refractivity contribution in [2.75, 3.05) is 35.4 Å². The van der Waals surface area contributed by atoms with Crippen molar-refractivity contribution in [1.82, 2.24) is 9.56 Å². The summed E-state index contributed by atoms with van der Waals surface area (Å²) in [6.45, 7) is 0. The highest BCUT2D eigenvalue weighted by Gasteiger charge is 2.33. The van der Waals surface area contributed by atoms with Crippen LogP contribution in [0.25, 0.3) is 0 Å². The van der Waals surface area contributed by atoms with E-state index in [-0.39, 0.29) is 5.75 Å². The maximum absolute atomic E-state index is 12.6. The highest BCUT2D eigenvalue weighted by molar-refractivity contribution is 8.02. The van der Waals surface area contributed by atoms with Crippen LogP contribution < -0.4 is 13.8 Å². The molecule has 0 bridgehead atoms. The average molecular weight is 655 g/mol. The minimum Gasteiger partial charge on any atom is -0.497 e. The maximum Gasteiger partial charge on any atom is 0.362 e. The molecule has 0 radical (unpaired) electrons. The molecule has 0 aromatic heterocycles. The molecule has 12 nitrogen and oxygen atoms in total. The Labute approximate surface area is 251 Å². The van der Waals surface area contributed by atoms with Crippen LogP contribution in [-0.4, -0.2) is 62.5 Å². The monoisotopic (exact) mass is 654 g/mol. The van der Waals surface area contributed by atoms with Crippen molar-refractivity contribution in [1.29, 1.82) is 0 Å². The fourth-order valence-electron chi connectivity index (χ4n) is 3.21. The lowest BCUT2D eigenvalue weighted by Gasteiger charge is -2.20. The second kappa shape index (κ2) is 16.0. The molecule has 42 heavy (non-hydrogen) atoms. The zero-order valence-corrected chi connectivity index (χ0v) is 27.3. The quantitative estimate of drug-likeness (QED) is 0.122. The fraction of sp³-hybridized carbons (Fsp3) is 0.231. The largest absolute Gasteiger partial charge is 0.497 e. The lowest BCUT2D eigenvalue weighted by atomic mass is 10.2. The van der Waals surface area contributed by atoms with E-state index < -0.39 is 28.7 Å². The first-order valence-corrected chi connectivity index (χ1v) is 17.7. The van der Waals surface area contributed by atoms with E-state index in [1.165, 1.54) is 56.5 Å². The molecule has 0 spiro atoms. The van der Waals surface area contributed by atoms with Crippen LogP contribution in [0.2, 0.25) is 0 Å². The second-order valence-corrected chi connectivity index (χ2v) is 14.6. The Balaban J connectivity index is 1.50. The molecule has 0 fully saturated rings. The standard InChI is InChI=1S/C26H33N4O8P3S/c1-29(39(32)37-24-16-10-22(11-17-24)26(31)41(33,35-4)36-5)27-18-21-8-14-25(15-9-21)38-40(42)30(2)28-19-20-6-12-23(34-3)13-7-20/h6-19,26,31,39-40H,1-5H3/b27-18+,28-19+. The van der Waals surface area contributed by atoms with E-state index in [4.69, 9.17) is 34.6 Å². The molecule has 3 atom stereocenters. The Bertz CT molecular complexity index is 1450. The van der Waals surface area contributed by atoms with Gasteiger partial charge >= 0.3 is 15.8 Å². The van der Waals surface area contributed by atoms with Gasteiger partial charge in [0.1, 0.15) is 17.2 Å². The molecule has 3 unspecified atom stereocenters. The third-order valence-electron chi connectivity index (χ3n) is 5.68. The van der Waals surface area contributed by atoms with Crippen molar-refractivity contribution in [3.63, 3.8) is 0 Å². The Morgan fingerprint density at radius 3 is 1.74 bits per heavy atom. The van der Waals surface area contributed by atoms with E-state index in [9.17, 15) is 14.2 Å². The second-order valence-electron chi connectivity index (χ2n) is 8.46. The Kier molecular flexibility index (Phi) is 12.8. The molecular formula is C26H33N4O8P3S. The zero-order valence-electron chi connectivity index (χ0n) is 23.6. The van der Waals surface area contributed by atoms with Crippen LogP contribution >= 0.6 is 22.8 Å². The Morgan fingerprint density at radius 1 is 0.786 bits per heavy atom. The molecule has 0 heterocycles. The van der Waals surface area contributed by atoms with Crippen LogP contribution in [-0.2, 0) is 30.0 Å². The Morgan fingerprint density at radius 2 is 1.24 bits per heavy atom. The predicted molar refractivity (Wildman–Crippen MR) is 169 cm³/mol. The molecule has 226 valence electrons. The summed E-state index contributed by atoms with van der Waals surface area (Å²) in [6, 6.07) is 20.5. The van der Waals surface area contributed by atoms with Gasteiger partial charge in [-0.25, -0.2) is 9.56 Å². The summed E-state index contributed by atoms with van der Waals surface area (Å²) in [5, 5.41) is 18.8. The van der Waals surface area contributed by atoms with Crippen LogP contribution in [0, 0.1) is 0 Å². The molecule has 3 rings (SSSR count). The van der Waals surface area contributed by atoms with Crippen molar-refractivity contribution in [2.24, 2.45) is 10.2 Å². The van der Waals surface area contributed by atoms with Crippen molar-refractivity contribution in [3.8, 4) is 17.2 Å². The van der Waals surface area contributed by atoms with Crippen LogP contribution in [0.5, 0.6) is 17.2 Å². The summed E-state index contributed by atoms with van der Waals surface area (Å²) in [4.78, 5) is 0. The van der Waals surface area contributed by atoms with E-state index in [0.29, 0.717) is 11.3 Å². The fourth-order valence-corrected chi connectivity index (χ4v) is 5.97. The summed E-state index contributed by atoms with van der Waals surface area (Å²) in [6.07, 6.45) is 3.24. The highest BCUT2D eigenvalue weighted by Crippen LogP contribution is 2.58. The van der Waals surface area contributed by atoms with Gasteiger partial charge in [0, 0.05) is 28.3 Å². The normalized spacial score (nSPS) is 14.0. The molecular weight excluding hydrogens is 621 g/mol. The van der Waals surface area contributed by atoms with Crippen molar-refractivity contribution in [2.45, 2.75) is 5.85 Å². The van der Waals surface area contributed by atoms with E-state index in [0.717, 1.165) is 16.9 Å². The number of hydrogen-bond acceptors (Lipinski definition) is 11. The number of rotatable bonds is 15. The van der Waals surface area contributed by atoms with E-state index >= 15 is 0 Å². The number of ether oxygens (including phenoxy) is 1. The van der Waals surface area contributed by atoms with Crippen molar-refractivity contribution < 1.29 is 37.1 Å². The van der Waals surface area contributed by atoms with E-state index in [1.54, 1.807) is 49.4 Å². The smallest absolute Gasteiger partial charge is 0.362 e. The van der Waals surface area contributed by atoms with Crippen LogP contribution in [0.1, 0.15) is 22.5 Å². The first-order chi connectivity index (χ1) is 20.1.